The van der Waals surface area contributed by atoms with Gasteiger partial charge in [0.1, 0.15) is 11.6 Å². The minimum absolute atomic E-state index is 0.0146. The smallest absolute Gasteiger partial charge is 0.227 e. The number of carbonyl (C=O) groups is 2. The molecule has 6 heteroatoms. The molecule has 0 radical (unpaired) electrons. The number of hydrogen-bond acceptors (Lipinski definition) is 2. The number of anilines is 1. The molecule has 0 aliphatic heterocycles. The first-order valence-corrected chi connectivity index (χ1v) is 8.05. The SMILES string of the molecule is CCCNC(=O)C1CCC(C(=O)Nc2ccc(F)cc2F)CC1. The van der Waals surface area contributed by atoms with Gasteiger partial charge in [0.25, 0.3) is 0 Å². The van der Waals surface area contributed by atoms with E-state index in [4.69, 9.17) is 0 Å². The average Bonchev–Trinajstić information content (AvgIpc) is 2.55. The maximum Gasteiger partial charge on any atom is 0.227 e. The van der Waals surface area contributed by atoms with Gasteiger partial charge in [0, 0.05) is 24.4 Å². The molecule has 1 fully saturated rings. The molecule has 1 aliphatic rings. The molecule has 0 unspecified atom stereocenters. The van der Waals surface area contributed by atoms with Crippen LogP contribution < -0.4 is 10.6 Å². The summed E-state index contributed by atoms with van der Waals surface area (Å²) in [7, 11) is 0. The molecule has 1 saturated carbocycles. The summed E-state index contributed by atoms with van der Waals surface area (Å²) in [4.78, 5) is 24.1. The molecule has 1 aromatic rings. The molecule has 23 heavy (non-hydrogen) atoms. The first kappa shape index (κ1) is 17.4. The summed E-state index contributed by atoms with van der Waals surface area (Å²) in [5.41, 5.74) is -0.0146. The molecule has 0 atom stereocenters. The second-order valence-corrected chi connectivity index (χ2v) is 5.95. The highest BCUT2D eigenvalue weighted by atomic mass is 19.1. The summed E-state index contributed by atoms with van der Waals surface area (Å²) < 4.78 is 26.4. The molecule has 2 rings (SSSR count). The topological polar surface area (TPSA) is 58.2 Å². The number of rotatable bonds is 5. The number of amides is 2. The quantitative estimate of drug-likeness (QED) is 0.873. The van der Waals surface area contributed by atoms with E-state index in [0.717, 1.165) is 18.6 Å². The van der Waals surface area contributed by atoms with Crippen molar-refractivity contribution in [1.82, 2.24) is 5.32 Å². The molecular weight excluding hydrogens is 302 g/mol. The average molecular weight is 324 g/mol. The Morgan fingerprint density at radius 3 is 2.26 bits per heavy atom. The van der Waals surface area contributed by atoms with Crippen molar-refractivity contribution >= 4 is 17.5 Å². The Kier molecular flexibility index (Phi) is 6.07. The lowest BCUT2D eigenvalue weighted by Crippen LogP contribution is -2.35. The fourth-order valence-electron chi connectivity index (χ4n) is 2.84. The minimum atomic E-state index is -0.786. The Balaban J connectivity index is 1.85. The Morgan fingerprint density at radius 2 is 1.70 bits per heavy atom. The molecule has 2 amide bonds. The number of benzene rings is 1. The highest BCUT2D eigenvalue weighted by Crippen LogP contribution is 2.30. The zero-order valence-corrected chi connectivity index (χ0v) is 13.2. The largest absolute Gasteiger partial charge is 0.356 e. The van der Waals surface area contributed by atoms with Crippen LogP contribution in [0, 0.1) is 23.5 Å². The van der Waals surface area contributed by atoms with E-state index in [0.29, 0.717) is 32.2 Å². The van der Waals surface area contributed by atoms with Crippen LogP contribution >= 0.6 is 0 Å². The van der Waals surface area contributed by atoms with Crippen LogP contribution in [0.3, 0.4) is 0 Å². The second-order valence-electron chi connectivity index (χ2n) is 5.95. The van der Waals surface area contributed by atoms with E-state index < -0.39 is 11.6 Å². The van der Waals surface area contributed by atoms with Gasteiger partial charge in [-0.05, 0) is 44.2 Å². The van der Waals surface area contributed by atoms with Gasteiger partial charge in [0.15, 0.2) is 0 Å². The summed E-state index contributed by atoms with van der Waals surface area (Å²) in [6.45, 7) is 2.67. The predicted octanol–water partition coefficient (Wildman–Crippen LogP) is 3.24. The van der Waals surface area contributed by atoms with Gasteiger partial charge in [-0.1, -0.05) is 6.92 Å². The number of carbonyl (C=O) groups excluding carboxylic acids is 2. The van der Waals surface area contributed by atoms with E-state index in [9.17, 15) is 18.4 Å². The van der Waals surface area contributed by atoms with Gasteiger partial charge in [-0.2, -0.15) is 0 Å². The predicted molar refractivity (Wildman–Crippen MR) is 83.7 cm³/mol. The standard InChI is InChI=1S/C17H22F2N2O2/c1-2-9-20-16(22)11-3-5-12(6-4-11)17(23)21-15-8-7-13(18)10-14(15)19/h7-8,10-12H,2-6,9H2,1H3,(H,20,22)(H,21,23). The van der Waals surface area contributed by atoms with E-state index >= 15 is 0 Å². The van der Waals surface area contributed by atoms with Crippen molar-refractivity contribution < 1.29 is 18.4 Å². The Hall–Kier alpha value is -1.98. The summed E-state index contributed by atoms with van der Waals surface area (Å²) in [6.07, 6.45) is 3.39. The van der Waals surface area contributed by atoms with Gasteiger partial charge in [-0.15, -0.1) is 0 Å². The molecule has 1 aromatic carbocycles. The van der Waals surface area contributed by atoms with Crippen LogP contribution in [0.1, 0.15) is 39.0 Å². The Labute approximate surface area is 134 Å². The van der Waals surface area contributed by atoms with E-state index in [2.05, 4.69) is 10.6 Å². The summed E-state index contributed by atoms with van der Waals surface area (Å²) >= 11 is 0. The molecule has 0 aromatic heterocycles. The maximum atomic E-state index is 13.6. The zero-order chi connectivity index (χ0) is 16.8. The van der Waals surface area contributed by atoms with E-state index in [1.807, 2.05) is 6.92 Å². The third-order valence-electron chi connectivity index (χ3n) is 4.21. The Morgan fingerprint density at radius 1 is 1.09 bits per heavy atom. The van der Waals surface area contributed by atoms with E-state index in [-0.39, 0.29) is 29.3 Å². The lowest BCUT2D eigenvalue weighted by Gasteiger charge is -2.27. The van der Waals surface area contributed by atoms with Crippen molar-refractivity contribution in [3.63, 3.8) is 0 Å². The molecule has 0 saturated heterocycles. The van der Waals surface area contributed by atoms with Gasteiger partial charge in [0.05, 0.1) is 5.69 Å². The van der Waals surface area contributed by atoms with Crippen LogP contribution in [0.2, 0.25) is 0 Å². The van der Waals surface area contributed by atoms with Crippen molar-refractivity contribution in [1.29, 1.82) is 0 Å². The van der Waals surface area contributed by atoms with Crippen LogP contribution in [0.15, 0.2) is 18.2 Å². The van der Waals surface area contributed by atoms with E-state index in [1.165, 1.54) is 6.07 Å². The van der Waals surface area contributed by atoms with Crippen molar-refractivity contribution in [3.05, 3.63) is 29.8 Å². The van der Waals surface area contributed by atoms with Crippen molar-refractivity contribution in [3.8, 4) is 0 Å². The van der Waals surface area contributed by atoms with Crippen molar-refractivity contribution in [2.45, 2.75) is 39.0 Å². The molecular formula is C17H22F2N2O2. The molecule has 0 heterocycles. The van der Waals surface area contributed by atoms with Crippen LogP contribution in [0.4, 0.5) is 14.5 Å². The minimum Gasteiger partial charge on any atom is -0.356 e. The fraction of sp³-hybridized carbons (Fsp3) is 0.529. The molecule has 1 aliphatic carbocycles. The normalized spacial score (nSPS) is 20.8. The number of halogens is 2. The first-order chi connectivity index (χ1) is 11.0. The first-order valence-electron chi connectivity index (χ1n) is 8.05. The van der Waals surface area contributed by atoms with Crippen LogP contribution in [0.5, 0.6) is 0 Å². The van der Waals surface area contributed by atoms with Crippen LogP contribution in [-0.4, -0.2) is 18.4 Å². The Bertz CT molecular complexity index is 570. The molecule has 4 nitrogen and oxygen atoms in total. The fourth-order valence-corrected chi connectivity index (χ4v) is 2.84. The van der Waals surface area contributed by atoms with Crippen molar-refractivity contribution in [2.75, 3.05) is 11.9 Å². The maximum absolute atomic E-state index is 13.6. The van der Waals surface area contributed by atoms with Gasteiger partial charge in [-0.25, -0.2) is 8.78 Å². The molecule has 126 valence electrons. The van der Waals surface area contributed by atoms with Gasteiger partial charge in [0.2, 0.25) is 11.8 Å². The third-order valence-corrected chi connectivity index (χ3v) is 4.21. The van der Waals surface area contributed by atoms with Crippen LogP contribution in [0.25, 0.3) is 0 Å². The molecule has 2 N–H and O–H groups in total. The van der Waals surface area contributed by atoms with Gasteiger partial charge >= 0.3 is 0 Å². The highest BCUT2D eigenvalue weighted by molar-refractivity contribution is 5.92. The highest BCUT2D eigenvalue weighted by Gasteiger charge is 2.30. The summed E-state index contributed by atoms with van der Waals surface area (Å²) in [5, 5.41) is 5.38. The summed E-state index contributed by atoms with van der Waals surface area (Å²) in [5.74, 6) is -1.98. The lowest BCUT2D eigenvalue weighted by atomic mass is 9.81. The monoisotopic (exact) mass is 324 g/mol. The van der Waals surface area contributed by atoms with Crippen LogP contribution in [-0.2, 0) is 9.59 Å². The van der Waals surface area contributed by atoms with Gasteiger partial charge < -0.3 is 10.6 Å². The molecule has 0 spiro atoms. The number of hydrogen-bond donors (Lipinski definition) is 2. The van der Waals surface area contributed by atoms with E-state index in [1.54, 1.807) is 0 Å². The second kappa shape index (κ2) is 8.04. The molecule has 0 bridgehead atoms. The summed E-state index contributed by atoms with van der Waals surface area (Å²) in [6, 6.07) is 3.06. The zero-order valence-electron chi connectivity index (χ0n) is 13.2. The third kappa shape index (κ3) is 4.74. The van der Waals surface area contributed by atoms with Crippen molar-refractivity contribution in [2.24, 2.45) is 11.8 Å². The number of nitrogens with one attached hydrogen (secondary N) is 2. The lowest BCUT2D eigenvalue weighted by molar-refractivity contribution is -0.128. The van der Waals surface area contributed by atoms with Gasteiger partial charge in [-0.3, -0.25) is 9.59 Å².